The quantitative estimate of drug-likeness (QED) is 0.706. The fraction of sp³-hybridized carbons (Fsp3) is 1.00. The van der Waals surface area contributed by atoms with E-state index < -0.39 is 6.80 Å². The van der Waals surface area contributed by atoms with E-state index in [4.69, 9.17) is 9.79 Å². The van der Waals surface area contributed by atoms with Crippen molar-refractivity contribution in [1.29, 1.82) is 0 Å². The maximum Gasteiger partial charge on any atom is 0.384 e. The number of rotatable bonds is 2. The van der Waals surface area contributed by atoms with Crippen molar-refractivity contribution in [2.45, 2.75) is 5.25 Å². The molecule has 0 atom stereocenters. The van der Waals surface area contributed by atoms with Gasteiger partial charge in [-0.25, -0.2) is 4.57 Å². The van der Waals surface area contributed by atoms with Crippen LogP contribution in [0.1, 0.15) is 0 Å². The lowest BCUT2D eigenvalue weighted by atomic mass is 10.5. The highest BCUT2D eigenvalue weighted by atomic mass is 32.7. The van der Waals surface area contributed by atoms with Crippen LogP contribution in [0.4, 0.5) is 0 Å². The minimum atomic E-state index is -3.84. The van der Waals surface area contributed by atoms with Gasteiger partial charge in [-0.3, -0.25) is 0 Å². The molecule has 1 heterocycles. The van der Waals surface area contributed by atoms with Crippen molar-refractivity contribution in [2.75, 3.05) is 16.6 Å². The first-order valence-corrected chi connectivity index (χ1v) is 8.38. The molecule has 0 bridgehead atoms. The fourth-order valence-corrected chi connectivity index (χ4v) is 6.59. The van der Waals surface area contributed by atoms with Crippen molar-refractivity contribution >= 4 is 41.7 Å². The largest absolute Gasteiger partial charge is 0.384 e. The number of hydrogen-bond donors (Lipinski definition) is 2. The molecule has 0 aromatic heterocycles. The van der Waals surface area contributed by atoms with E-state index in [0.29, 0.717) is 0 Å². The van der Waals surface area contributed by atoms with Gasteiger partial charge in [0.1, 0.15) is 0 Å². The summed E-state index contributed by atoms with van der Waals surface area (Å²) < 4.78 is 10.5. The molecule has 0 aliphatic carbocycles. The molecule has 7 heteroatoms. The van der Waals surface area contributed by atoms with E-state index in [1.165, 1.54) is 0 Å². The molecule has 1 rings (SSSR count). The first-order chi connectivity index (χ1) is 5.08. The van der Waals surface area contributed by atoms with Gasteiger partial charge in [0.25, 0.3) is 0 Å². The summed E-state index contributed by atoms with van der Waals surface area (Å²) in [6.45, 7) is -3.84. The molecule has 1 aliphatic rings. The molecule has 1 aliphatic heterocycles. The van der Waals surface area contributed by atoms with Crippen molar-refractivity contribution in [3.63, 3.8) is 0 Å². The highest BCUT2D eigenvalue weighted by molar-refractivity contribution is 8.55. The van der Waals surface area contributed by atoms with Gasteiger partial charge in [0.15, 0.2) is 0 Å². The Morgan fingerprint density at radius 3 is 2.36 bits per heavy atom. The lowest BCUT2D eigenvalue weighted by Crippen LogP contribution is -2.13. The summed E-state index contributed by atoms with van der Waals surface area (Å²) >= 11 is 4.29. The monoisotopic (exact) mass is 232 g/mol. The molecule has 0 amide bonds. The van der Waals surface area contributed by atoms with Gasteiger partial charge in [0, 0.05) is 21.8 Å². The summed E-state index contributed by atoms with van der Waals surface area (Å²) in [5, 5.41) is 1.18. The van der Waals surface area contributed by atoms with E-state index >= 15 is 0 Å². The van der Waals surface area contributed by atoms with Crippen LogP contribution < -0.4 is 0 Å². The predicted molar refractivity (Wildman–Crippen MR) is 53.2 cm³/mol. The van der Waals surface area contributed by atoms with Crippen LogP contribution in [0.2, 0.25) is 0 Å². The smallest absolute Gasteiger partial charge is 0.317 e. The molecular weight excluding hydrogens is 223 g/mol. The van der Waals surface area contributed by atoms with Crippen LogP contribution in [0.3, 0.4) is 0 Å². The number of hydrogen-bond acceptors (Lipinski definition) is 4. The second-order valence-electron chi connectivity index (χ2n) is 2.08. The van der Waals surface area contributed by atoms with Crippen LogP contribution in [-0.4, -0.2) is 31.6 Å². The molecule has 1 saturated heterocycles. The van der Waals surface area contributed by atoms with Gasteiger partial charge in [-0.1, -0.05) is 0 Å². The SMILES string of the molecule is O=P(O)(O)SC1CSCSC1. The normalized spacial score (nSPS) is 22.0. The van der Waals surface area contributed by atoms with Crippen LogP contribution in [0.15, 0.2) is 0 Å². The maximum absolute atomic E-state index is 10.5. The van der Waals surface area contributed by atoms with Gasteiger partial charge in [-0.05, 0) is 11.4 Å². The van der Waals surface area contributed by atoms with Crippen LogP contribution in [0, 0.1) is 0 Å². The van der Waals surface area contributed by atoms with E-state index in [9.17, 15) is 4.57 Å². The van der Waals surface area contributed by atoms with Crippen molar-refractivity contribution in [3.8, 4) is 0 Å². The van der Waals surface area contributed by atoms with E-state index in [0.717, 1.165) is 28.0 Å². The average Bonchev–Trinajstić information content (AvgIpc) is 1.85. The van der Waals surface area contributed by atoms with Crippen LogP contribution in [-0.2, 0) is 4.57 Å². The fourth-order valence-electron chi connectivity index (χ4n) is 0.721. The molecule has 3 nitrogen and oxygen atoms in total. The molecule has 0 saturated carbocycles. The van der Waals surface area contributed by atoms with E-state index in [1.807, 2.05) is 0 Å². The van der Waals surface area contributed by atoms with Gasteiger partial charge in [-0.15, -0.1) is 23.5 Å². The second kappa shape index (κ2) is 4.44. The molecule has 1 fully saturated rings. The molecule has 0 aromatic rings. The van der Waals surface area contributed by atoms with E-state index in [1.54, 1.807) is 23.5 Å². The Hall–Kier alpha value is 1.20. The summed E-state index contributed by atoms with van der Waals surface area (Å²) in [4.78, 5) is 17.3. The zero-order valence-corrected chi connectivity index (χ0v) is 9.02. The molecule has 0 unspecified atom stereocenters. The third-order valence-corrected chi connectivity index (χ3v) is 6.72. The number of thioether (sulfide) groups is 2. The molecule has 2 N–H and O–H groups in total. The van der Waals surface area contributed by atoms with Crippen molar-refractivity contribution < 1.29 is 14.4 Å². The maximum atomic E-state index is 10.5. The minimum Gasteiger partial charge on any atom is -0.317 e. The van der Waals surface area contributed by atoms with E-state index in [-0.39, 0.29) is 5.25 Å². The summed E-state index contributed by atoms with van der Waals surface area (Å²) in [5.74, 6) is 1.73. The minimum absolute atomic E-state index is 0.125. The average molecular weight is 232 g/mol. The van der Waals surface area contributed by atoms with Gasteiger partial charge < -0.3 is 9.79 Å². The third-order valence-electron chi connectivity index (χ3n) is 1.06. The Balaban J connectivity index is 2.30. The predicted octanol–water partition coefficient (Wildman–Crippen LogP) is 1.62. The molecular formula is C4H9O3PS3. The molecule has 0 spiro atoms. The van der Waals surface area contributed by atoms with Gasteiger partial charge in [0.2, 0.25) is 0 Å². The molecule has 0 radical (unpaired) electrons. The highest BCUT2D eigenvalue weighted by Gasteiger charge is 2.24. The zero-order chi connectivity index (χ0) is 8.32. The zero-order valence-electron chi connectivity index (χ0n) is 5.67. The van der Waals surface area contributed by atoms with Gasteiger partial charge in [-0.2, -0.15) is 0 Å². The molecule has 0 aromatic carbocycles. The van der Waals surface area contributed by atoms with Crippen LogP contribution in [0.5, 0.6) is 0 Å². The standard InChI is InChI=1S/C4H9O3PS3/c5-8(6,7)11-4-1-9-3-10-2-4/h4H,1-3H2,(H2,5,6,7). The topological polar surface area (TPSA) is 57.5 Å². The highest BCUT2D eigenvalue weighted by Crippen LogP contribution is 2.54. The Morgan fingerprint density at radius 1 is 1.36 bits per heavy atom. The van der Waals surface area contributed by atoms with Crippen molar-refractivity contribution in [3.05, 3.63) is 0 Å². The van der Waals surface area contributed by atoms with Crippen molar-refractivity contribution in [2.24, 2.45) is 0 Å². The second-order valence-corrected chi connectivity index (χ2v) is 8.42. The van der Waals surface area contributed by atoms with Crippen LogP contribution >= 0.6 is 41.7 Å². The lowest BCUT2D eigenvalue weighted by Gasteiger charge is -2.19. The van der Waals surface area contributed by atoms with E-state index in [2.05, 4.69) is 0 Å². The summed E-state index contributed by atoms with van der Waals surface area (Å²) in [6.07, 6.45) is 0. The first kappa shape index (κ1) is 10.3. The molecule has 11 heavy (non-hydrogen) atoms. The summed E-state index contributed by atoms with van der Waals surface area (Å²) in [7, 11) is 0. The Labute approximate surface area is 78.0 Å². The van der Waals surface area contributed by atoms with Crippen LogP contribution in [0.25, 0.3) is 0 Å². The lowest BCUT2D eigenvalue weighted by molar-refractivity contribution is 0.397. The Kier molecular flexibility index (Phi) is 4.15. The summed E-state index contributed by atoms with van der Waals surface area (Å²) in [5.41, 5.74) is 0. The first-order valence-electron chi connectivity index (χ1n) is 2.97. The Morgan fingerprint density at radius 2 is 1.91 bits per heavy atom. The van der Waals surface area contributed by atoms with Gasteiger partial charge >= 0.3 is 6.80 Å². The molecule has 66 valence electrons. The third kappa shape index (κ3) is 4.70. The van der Waals surface area contributed by atoms with Gasteiger partial charge in [0.05, 0.1) is 0 Å². The Bertz CT molecular complexity index is 164. The van der Waals surface area contributed by atoms with Crippen molar-refractivity contribution in [1.82, 2.24) is 0 Å². The summed E-state index contributed by atoms with van der Waals surface area (Å²) in [6, 6.07) is 0.